The lowest BCUT2D eigenvalue weighted by Crippen LogP contribution is -2.47. The second-order valence-corrected chi connectivity index (χ2v) is 15.0. The van der Waals surface area contributed by atoms with Crippen LogP contribution >= 0.6 is 35.2 Å². The number of hydrazine groups is 1. The van der Waals surface area contributed by atoms with Gasteiger partial charge in [-0.3, -0.25) is 41.2 Å². The Bertz CT molecular complexity index is 2710. The van der Waals surface area contributed by atoms with Gasteiger partial charge in [0.25, 0.3) is 0 Å². The summed E-state index contributed by atoms with van der Waals surface area (Å²) in [5.41, 5.74) is 9.70. The first-order chi connectivity index (χ1) is 26.7. The van der Waals surface area contributed by atoms with Gasteiger partial charge in [0.2, 0.25) is 5.91 Å². The van der Waals surface area contributed by atoms with Gasteiger partial charge in [-0.25, -0.2) is 4.79 Å². The van der Waals surface area contributed by atoms with E-state index in [1.54, 1.807) is 43.3 Å². The summed E-state index contributed by atoms with van der Waals surface area (Å²) in [5.74, 6) is -1.58. The first-order valence-corrected chi connectivity index (χ1v) is 18.6. The van der Waals surface area contributed by atoms with Gasteiger partial charge in [-0.1, -0.05) is 29.8 Å². The summed E-state index contributed by atoms with van der Waals surface area (Å²) in [6.07, 6.45) is -0.267. The molecule has 0 spiro atoms. The maximum atomic E-state index is 13.4. The standard InChI is InChI=1S/C40H32ClN7O6S2/c1-18-19(2)56-38-34(18)36(21-4-6-22(41)7-5-21)45-30(37(43)48(38)20(3)42)17-33(51)46-47-40(55)44-23-8-11-26(29(14-23)39(52)53)35-27-12-9-24(49)15-31(27)54-32-16-25(50)10-13-28(32)35/h4-16,30,42-43,49H,17H2,1-3H3,(H,46,51)(H,52,53)(H2,44,47,55)/t30-/m0/s1. The number of anilines is 2. The summed E-state index contributed by atoms with van der Waals surface area (Å²) in [4.78, 5) is 45.7. The number of hydrogen-bond donors (Lipinski definition) is 7. The number of aromatic hydroxyl groups is 1. The highest BCUT2D eigenvalue weighted by Gasteiger charge is 2.35. The van der Waals surface area contributed by atoms with Crippen molar-refractivity contribution in [2.45, 2.75) is 33.2 Å². The van der Waals surface area contributed by atoms with E-state index in [-0.39, 0.29) is 51.3 Å². The highest BCUT2D eigenvalue weighted by molar-refractivity contribution is 7.80. The molecule has 0 saturated heterocycles. The van der Waals surface area contributed by atoms with Gasteiger partial charge in [0.1, 0.15) is 39.8 Å². The number of hydrogen-bond acceptors (Lipinski definition) is 10. The number of aromatic carboxylic acids is 1. The predicted molar refractivity (Wildman–Crippen MR) is 224 cm³/mol. The number of fused-ring (bicyclic) bond motifs is 3. The molecule has 1 amide bonds. The lowest BCUT2D eigenvalue weighted by Gasteiger charge is -2.24. The van der Waals surface area contributed by atoms with Crippen molar-refractivity contribution in [1.29, 1.82) is 10.8 Å². The quantitative estimate of drug-likeness (QED) is 0.0287. The van der Waals surface area contributed by atoms with Crippen LogP contribution in [0.15, 0.2) is 93.1 Å². The average Bonchev–Trinajstić information content (AvgIpc) is 3.36. The van der Waals surface area contributed by atoms with Crippen molar-refractivity contribution in [2.75, 3.05) is 10.2 Å². The van der Waals surface area contributed by atoms with Crippen LogP contribution in [0.3, 0.4) is 0 Å². The topological polar surface area (TPSA) is 204 Å². The molecule has 0 fully saturated rings. The summed E-state index contributed by atoms with van der Waals surface area (Å²) in [6.45, 7) is 5.52. The van der Waals surface area contributed by atoms with Crippen LogP contribution in [0.5, 0.6) is 5.75 Å². The minimum absolute atomic E-state index is 0.0426. The molecular weight excluding hydrogens is 774 g/mol. The molecule has 4 aromatic rings. The van der Waals surface area contributed by atoms with Gasteiger partial charge in [-0.15, -0.1) is 11.3 Å². The summed E-state index contributed by atoms with van der Waals surface area (Å²) in [7, 11) is 0. The van der Waals surface area contributed by atoms with Crippen LogP contribution in [0.4, 0.5) is 10.7 Å². The Morgan fingerprint density at radius 1 is 1.00 bits per heavy atom. The monoisotopic (exact) mass is 805 g/mol. The Balaban J connectivity index is 1.12. The lowest BCUT2D eigenvalue weighted by atomic mass is 9.90. The Kier molecular flexibility index (Phi) is 10.2. The number of aryl methyl sites for hydroxylation is 1. The average molecular weight is 806 g/mol. The molecule has 0 saturated carbocycles. The van der Waals surface area contributed by atoms with Crippen LogP contribution in [0, 0.1) is 24.7 Å². The fraction of sp³-hybridized carbons (Fsp3) is 0.125. The summed E-state index contributed by atoms with van der Waals surface area (Å²) < 4.78 is 5.90. The van der Waals surface area contributed by atoms with Gasteiger partial charge < -0.3 is 19.9 Å². The third-order valence-electron chi connectivity index (χ3n) is 9.25. The van der Waals surface area contributed by atoms with E-state index in [9.17, 15) is 24.6 Å². The number of carbonyl (C=O) groups is 2. The zero-order chi connectivity index (χ0) is 40.0. The fourth-order valence-corrected chi connectivity index (χ4v) is 8.09. The number of amidine groups is 2. The largest absolute Gasteiger partial charge is 0.508 e. The summed E-state index contributed by atoms with van der Waals surface area (Å²) >= 11 is 13.1. The number of nitrogens with zero attached hydrogens (tertiary/aromatic N) is 2. The van der Waals surface area contributed by atoms with E-state index in [0.717, 1.165) is 21.6 Å². The van der Waals surface area contributed by atoms with E-state index in [2.05, 4.69) is 16.2 Å². The van der Waals surface area contributed by atoms with E-state index in [4.69, 9.17) is 44.0 Å². The number of thiocarbonyl (C=S) groups is 1. The first-order valence-electron chi connectivity index (χ1n) is 17.0. The normalized spacial score (nSPS) is 13.9. The molecule has 0 bridgehead atoms. The third kappa shape index (κ3) is 7.22. The summed E-state index contributed by atoms with van der Waals surface area (Å²) in [5, 5.41) is 42.7. The Labute approximate surface area is 333 Å². The number of rotatable bonds is 6. The number of carboxylic acid groups (broad SMARTS) is 1. The number of phenols is 1. The number of phenolic OH excluding ortho intramolecular Hbond substituents is 1. The van der Waals surface area contributed by atoms with E-state index in [1.165, 1.54) is 46.6 Å². The molecule has 1 aromatic heterocycles. The minimum atomic E-state index is -1.24. The molecular formula is C40H32ClN7O6S2. The summed E-state index contributed by atoms with van der Waals surface area (Å²) in [6, 6.07) is 19.4. The Hall–Kier alpha value is -6.42. The number of amides is 1. The third-order valence-corrected chi connectivity index (χ3v) is 10.9. The maximum Gasteiger partial charge on any atom is 0.336 e. The SMILES string of the molecule is CC(=N)N1C(=N)[C@H](CC(=O)NNC(=S)Nc2ccc(-c3c4ccc(=O)cc-4oc4cc(O)ccc34)c(C(=O)O)c2)N=C(c2ccc(Cl)cc2)c2c1sc(C)c2C. The van der Waals surface area contributed by atoms with Crippen LogP contribution < -0.4 is 26.5 Å². The Morgan fingerprint density at radius 3 is 2.45 bits per heavy atom. The van der Waals surface area contributed by atoms with Crippen molar-refractivity contribution in [3.8, 4) is 28.2 Å². The van der Waals surface area contributed by atoms with Crippen molar-refractivity contribution < 1.29 is 24.2 Å². The van der Waals surface area contributed by atoms with Crippen LogP contribution in [0.1, 0.15) is 45.3 Å². The first kappa shape index (κ1) is 37.9. The van der Waals surface area contributed by atoms with Crippen molar-refractivity contribution in [2.24, 2.45) is 4.99 Å². The van der Waals surface area contributed by atoms with Gasteiger partial charge in [0.15, 0.2) is 10.5 Å². The molecule has 2 aliphatic heterocycles. The second-order valence-electron chi connectivity index (χ2n) is 13.0. The smallest absolute Gasteiger partial charge is 0.336 e. The zero-order valence-corrected chi connectivity index (χ0v) is 32.3. The molecule has 13 nitrogen and oxygen atoms in total. The Morgan fingerprint density at radius 2 is 1.73 bits per heavy atom. The molecule has 56 heavy (non-hydrogen) atoms. The van der Waals surface area contributed by atoms with E-state index in [1.807, 2.05) is 26.0 Å². The minimum Gasteiger partial charge on any atom is -0.508 e. The van der Waals surface area contributed by atoms with Gasteiger partial charge in [0.05, 0.1) is 17.7 Å². The lowest BCUT2D eigenvalue weighted by molar-refractivity contribution is -0.121. The molecule has 1 atom stereocenters. The molecule has 3 heterocycles. The number of benzene rings is 4. The van der Waals surface area contributed by atoms with Gasteiger partial charge in [-0.05, 0) is 92.6 Å². The molecule has 1 aliphatic carbocycles. The molecule has 3 aromatic carbocycles. The zero-order valence-electron chi connectivity index (χ0n) is 29.9. The molecule has 7 N–H and O–H groups in total. The number of thiophene rings is 1. The van der Waals surface area contributed by atoms with Crippen molar-refractivity contribution >= 4 is 91.2 Å². The molecule has 0 unspecified atom stereocenters. The second kappa shape index (κ2) is 15.0. The molecule has 16 heteroatoms. The molecule has 282 valence electrons. The van der Waals surface area contributed by atoms with Crippen molar-refractivity contribution in [1.82, 2.24) is 10.9 Å². The van der Waals surface area contributed by atoms with Crippen LogP contribution in [-0.4, -0.2) is 50.6 Å². The van der Waals surface area contributed by atoms with Gasteiger partial charge >= 0.3 is 5.97 Å². The van der Waals surface area contributed by atoms with Crippen LogP contribution in [-0.2, 0) is 4.79 Å². The van der Waals surface area contributed by atoms with Crippen molar-refractivity contribution in [3.63, 3.8) is 0 Å². The van der Waals surface area contributed by atoms with Crippen LogP contribution in [0.2, 0.25) is 5.02 Å². The molecule has 7 rings (SSSR count). The number of carbonyl (C=O) groups excluding carboxylic acids is 1. The fourth-order valence-electron chi connectivity index (χ4n) is 6.57. The number of halogens is 1. The molecule has 3 aliphatic rings. The van der Waals surface area contributed by atoms with E-state index < -0.39 is 17.9 Å². The predicted octanol–water partition coefficient (Wildman–Crippen LogP) is 7.71. The number of aliphatic imine (C=N–C) groups is 1. The van der Waals surface area contributed by atoms with Gasteiger partial charge in [-0.2, -0.15) is 0 Å². The van der Waals surface area contributed by atoms with E-state index >= 15 is 0 Å². The maximum absolute atomic E-state index is 13.4. The molecule has 0 radical (unpaired) electrons. The van der Waals surface area contributed by atoms with E-state index in [0.29, 0.717) is 43.5 Å². The highest BCUT2D eigenvalue weighted by Crippen LogP contribution is 2.43. The van der Waals surface area contributed by atoms with Crippen molar-refractivity contribution in [3.05, 3.63) is 121 Å². The van der Waals surface area contributed by atoms with Crippen LogP contribution in [0.25, 0.3) is 33.4 Å². The van der Waals surface area contributed by atoms with Gasteiger partial charge in [0, 0.05) is 55.4 Å². The highest BCUT2D eigenvalue weighted by atomic mass is 35.5. The number of carboxylic acids is 1. The number of nitrogens with one attached hydrogen (secondary N) is 5.